The van der Waals surface area contributed by atoms with Crippen molar-refractivity contribution in [3.63, 3.8) is 0 Å². The lowest BCUT2D eigenvalue weighted by molar-refractivity contribution is 0.00708. The molecule has 0 bridgehead atoms. The van der Waals surface area contributed by atoms with Gasteiger partial charge < -0.3 is 23.7 Å². The van der Waals surface area contributed by atoms with E-state index in [1.807, 2.05) is 18.2 Å². The van der Waals surface area contributed by atoms with Gasteiger partial charge in [-0.3, -0.25) is 0 Å². The average molecular weight is 353 g/mol. The second-order valence-electron chi connectivity index (χ2n) is 4.76. The van der Waals surface area contributed by atoms with Gasteiger partial charge in [0.1, 0.15) is 13.2 Å². The van der Waals surface area contributed by atoms with Gasteiger partial charge in [0.2, 0.25) is 0 Å². The van der Waals surface area contributed by atoms with Crippen LogP contribution in [0.15, 0.2) is 29.8 Å². The second-order valence-corrected chi connectivity index (χ2v) is 5.01. The van der Waals surface area contributed by atoms with E-state index in [4.69, 9.17) is 35.3 Å². The average Bonchev–Trinajstić information content (AvgIpc) is 2.61. The van der Waals surface area contributed by atoms with Crippen LogP contribution in [0.4, 0.5) is 0 Å². The van der Waals surface area contributed by atoms with Crippen molar-refractivity contribution in [2.24, 2.45) is 0 Å². The fourth-order valence-corrected chi connectivity index (χ4v) is 2.00. The molecule has 1 aromatic rings. The molecule has 24 heavy (non-hydrogen) atoms. The summed E-state index contributed by atoms with van der Waals surface area (Å²) in [4.78, 5) is 0. The van der Waals surface area contributed by atoms with Crippen LogP contribution in [0.5, 0.6) is 11.5 Å². The van der Waals surface area contributed by atoms with Crippen molar-refractivity contribution in [3.05, 3.63) is 35.4 Å². The fraction of sp³-hybridized carbons (Fsp3) is 0.444. The molecule has 0 aliphatic carbocycles. The van der Waals surface area contributed by atoms with E-state index in [-0.39, 0.29) is 0 Å². The van der Waals surface area contributed by atoms with Crippen LogP contribution in [0.1, 0.15) is 5.56 Å². The van der Waals surface area contributed by atoms with Gasteiger partial charge in [0.25, 0.3) is 0 Å². The standard InChI is InChI=1S/C18H21ClO5/c19-6-2-1-3-16-4-5-17-18(15-16)24-14-12-22-10-8-20-7-9-21-11-13-23-17/h2,4-6,15H,7-14H2/b6-2-. The number of benzene rings is 1. The molecule has 1 aliphatic heterocycles. The molecule has 130 valence electrons. The molecular weight excluding hydrogens is 332 g/mol. The Balaban J connectivity index is 2.04. The van der Waals surface area contributed by atoms with Gasteiger partial charge in [0.15, 0.2) is 11.5 Å². The maximum atomic E-state index is 5.77. The van der Waals surface area contributed by atoms with E-state index < -0.39 is 0 Å². The van der Waals surface area contributed by atoms with Crippen LogP contribution < -0.4 is 9.47 Å². The van der Waals surface area contributed by atoms with Crippen molar-refractivity contribution < 1.29 is 23.7 Å². The third kappa shape index (κ3) is 7.24. The van der Waals surface area contributed by atoms with E-state index in [1.54, 1.807) is 6.08 Å². The molecule has 1 aliphatic rings. The molecule has 0 atom stereocenters. The van der Waals surface area contributed by atoms with E-state index in [9.17, 15) is 0 Å². The first kappa shape index (κ1) is 18.6. The Morgan fingerprint density at radius 2 is 1.38 bits per heavy atom. The van der Waals surface area contributed by atoms with Crippen molar-refractivity contribution in [1.82, 2.24) is 0 Å². The first-order valence-corrected chi connectivity index (χ1v) is 8.23. The van der Waals surface area contributed by atoms with Crippen LogP contribution in [0.3, 0.4) is 0 Å². The highest BCUT2D eigenvalue weighted by atomic mass is 35.5. The summed E-state index contributed by atoms with van der Waals surface area (Å²) in [5.41, 5.74) is 2.19. The van der Waals surface area contributed by atoms with Crippen LogP contribution in [0.25, 0.3) is 0 Å². The van der Waals surface area contributed by atoms with Gasteiger partial charge in [-0.15, -0.1) is 0 Å². The van der Waals surface area contributed by atoms with Gasteiger partial charge in [-0.25, -0.2) is 0 Å². The normalized spacial score (nSPS) is 17.4. The monoisotopic (exact) mass is 352 g/mol. The highest BCUT2D eigenvalue weighted by molar-refractivity contribution is 6.25. The molecule has 1 aromatic carbocycles. The maximum absolute atomic E-state index is 5.77. The molecule has 0 N–H and O–H groups in total. The Labute approximate surface area is 147 Å². The number of hydrogen-bond acceptors (Lipinski definition) is 5. The molecule has 1 heterocycles. The van der Waals surface area contributed by atoms with Crippen molar-refractivity contribution in [2.45, 2.75) is 0 Å². The topological polar surface area (TPSA) is 46.2 Å². The lowest BCUT2D eigenvalue weighted by atomic mass is 10.2. The van der Waals surface area contributed by atoms with Gasteiger partial charge in [-0.1, -0.05) is 23.4 Å². The van der Waals surface area contributed by atoms with Crippen LogP contribution in [0.2, 0.25) is 0 Å². The van der Waals surface area contributed by atoms with Gasteiger partial charge in [0, 0.05) is 11.1 Å². The minimum atomic E-state index is 0.422. The van der Waals surface area contributed by atoms with E-state index >= 15 is 0 Å². The Hall–Kier alpha value is -1.71. The Kier molecular flexibility index (Phi) is 9.13. The van der Waals surface area contributed by atoms with Crippen LogP contribution in [-0.4, -0.2) is 52.9 Å². The molecule has 0 saturated heterocycles. The third-order valence-electron chi connectivity index (χ3n) is 3.02. The Morgan fingerprint density at radius 3 is 2.00 bits per heavy atom. The predicted molar refractivity (Wildman–Crippen MR) is 91.8 cm³/mol. The molecule has 2 rings (SSSR count). The molecule has 0 unspecified atom stereocenters. The van der Waals surface area contributed by atoms with E-state index in [2.05, 4.69) is 11.8 Å². The van der Waals surface area contributed by atoms with Crippen molar-refractivity contribution >= 4 is 11.6 Å². The zero-order valence-electron chi connectivity index (χ0n) is 13.5. The Morgan fingerprint density at radius 1 is 0.792 bits per heavy atom. The molecule has 0 radical (unpaired) electrons. The SMILES string of the molecule is Cl/C=C\C#Cc1ccc2c(c1)OCCOCCOCCOCCO2. The van der Waals surface area contributed by atoms with Gasteiger partial charge in [0.05, 0.1) is 39.6 Å². The number of fused-ring (bicyclic) bond motifs is 1. The summed E-state index contributed by atoms with van der Waals surface area (Å²) in [7, 11) is 0. The van der Waals surface area contributed by atoms with Crippen LogP contribution in [0, 0.1) is 11.8 Å². The molecular formula is C18H21ClO5. The quantitative estimate of drug-likeness (QED) is 0.672. The summed E-state index contributed by atoms with van der Waals surface area (Å²) in [6, 6.07) is 5.55. The zero-order valence-corrected chi connectivity index (χ0v) is 14.2. The number of hydrogen-bond donors (Lipinski definition) is 0. The Bertz CT molecular complexity index is 577. The van der Waals surface area contributed by atoms with Gasteiger partial charge in [-0.05, 0) is 24.3 Å². The van der Waals surface area contributed by atoms with Crippen LogP contribution in [-0.2, 0) is 14.2 Å². The lowest BCUT2D eigenvalue weighted by Gasteiger charge is -2.13. The largest absolute Gasteiger partial charge is 0.487 e. The van der Waals surface area contributed by atoms with Crippen molar-refractivity contribution in [3.8, 4) is 23.3 Å². The molecule has 6 heteroatoms. The highest BCUT2D eigenvalue weighted by Gasteiger charge is 2.07. The summed E-state index contributed by atoms with van der Waals surface area (Å²) < 4.78 is 27.8. The van der Waals surface area contributed by atoms with Gasteiger partial charge in [-0.2, -0.15) is 0 Å². The molecule has 0 saturated carbocycles. The molecule has 5 nitrogen and oxygen atoms in total. The van der Waals surface area contributed by atoms with Gasteiger partial charge >= 0.3 is 0 Å². The minimum absolute atomic E-state index is 0.422. The molecule has 0 aromatic heterocycles. The number of halogens is 1. The van der Waals surface area contributed by atoms with E-state index in [0.717, 1.165) is 5.56 Å². The number of allylic oxidation sites excluding steroid dienone is 1. The summed E-state index contributed by atoms with van der Waals surface area (Å²) in [6.07, 6.45) is 1.57. The molecule has 0 fully saturated rings. The molecule has 0 amide bonds. The minimum Gasteiger partial charge on any atom is -0.487 e. The smallest absolute Gasteiger partial charge is 0.162 e. The fourth-order valence-electron chi connectivity index (χ4n) is 1.94. The number of rotatable bonds is 0. The second kappa shape index (κ2) is 11.8. The molecule has 0 spiro atoms. The number of ether oxygens (including phenoxy) is 5. The van der Waals surface area contributed by atoms with Crippen LogP contribution >= 0.6 is 11.6 Å². The lowest BCUT2D eigenvalue weighted by Crippen LogP contribution is -2.13. The zero-order chi connectivity index (χ0) is 16.9. The summed E-state index contributed by atoms with van der Waals surface area (Å²) in [5, 5.41) is 0. The highest BCUT2D eigenvalue weighted by Crippen LogP contribution is 2.28. The van der Waals surface area contributed by atoms with E-state index in [0.29, 0.717) is 64.4 Å². The van der Waals surface area contributed by atoms with Crippen molar-refractivity contribution in [2.75, 3.05) is 52.9 Å². The first-order chi connectivity index (χ1) is 11.9. The summed E-state index contributed by atoms with van der Waals surface area (Å²) >= 11 is 5.46. The third-order valence-corrected chi connectivity index (χ3v) is 3.15. The first-order valence-electron chi connectivity index (χ1n) is 7.80. The van der Waals surface area contributed by atoms with Crippen molar-refractivity contribution in [1.29, 1.82) is 0 Å². The van der Waals surface area contributed by atoms with E-state index in [1.165, 1.54) is 5.54 Å². The summed E-state index contributed by atoms with van der Waals surface area (Å²) in [5.74, 6) is 7.10. The summed E-state index contributed by atoms with van der Waals surface area (Å²) in [6.45, 7) is 3.99. The predicted octanol–water partition coefficient (Wildman–Crippen LogP) is 2.61. The maximum Gasteiger partial charge on any atom is 0.162 e.